The van der Waals surface area contributed by atoms with Gasteiger partial charge in [-0.3, -0.25) is 19.7 Å². The number of aromatic nitrogens is 2. The molecule has 1 aromatic heterocycles. The molecule has 3 fully saturated rings. The van der Waals surface area contributed by atoms with Crippen LogP contribution in [0, 0.1) is 0 Å². The molecule has 0 bridgehead atoms. The van der Waals surface area contributed by atoms with Gasteiger partial charge in [0.05, 0.1) is 10.4 Å². The Kier molecular flexibility index (Phi) is 6.37. The number of hydrogen-bond donors (Lipinski definition) is 2. The van der Waals surface area contributed by atoms with Crippen molar-refractivity contribution in [1.29, 1.82) is 0 Å². The molecule has 2 N–H and O–H groups in total. The van der Waals surface area contributed by atoms with Crippen LogP contribution in [0.5, 0.6) is 0 Å². The van der Waals surface area contributed by atoms with E-state index in [0.717, 1.165) is 31.2 Å². The zero-order valence-electron chi connectivity index (χ0n) is 22.4. The van der Waals surface area contributed by atoms with Crippen molar-refractivity contribution in [2.24, 2.45) is 0 Å². The van der Waals surface area contributed by atoms with Gasteiger partial charge in [0.25, 0.3) is 5.91 Å². The van der Waals surface area contributed by atoms with Crippen molar-refractivity contribution in [3.8, 4) is 11.5 Å². The van der Waals surface area contributed by atoms with Gasteiger partial charge >= 0.3 is 6.01 Å². The first kappa shape index (κ1) is 27.0. The van der Waals surface area contributed by atoms with E-state index < -0.39 is 27.5 Å². The van der Waals surface area contributed by atoms with Gasteiger partial charge in [-0.1, -0.05) is 16.7 Å². The Morgan fingerprint density at radius 3 is 2.48 bits per heavy atom. The normalized spacial score (nSPS) is 21.9. The summed E-state index contributed by atoms with van der Waals surface area (Å²) in [7, 11) is -3.52. The van der Waals surface area contributed by atoms with Crippen LogP contribution in [-0.2, 0) is 31.7 Å². The van der Waals surface area contributed by atoms with Crippen molar-refractivity contribution in [2.45, 2.75) is 61.5 Å². The first-order valence-corrected chi connectivity index (χ1v) is 15.7. The van der Waals surface area contributed by atoms with Gasteiger partial charge in [-0.05, 0) is 74.1 Å². The maximum Gasteiger partial charge on any atom is 0.316 e. The van der Waals surface area contributed by atoms with E-state index in [9.17, 15) is 22.8 Å². The molecule has 42 heavy (non-hydrogen) atoms. The quantitative estimate of drug-likeness (QED) is 0.384. The second-order valence-corrected chi connectivity index (χ2v) is 13.5. The number of imide groups is 1. The van der Waals surface area contributed by atoms with Gasteiger partial charge in [0, 0.05) is 47.8 Å². The third-order valence-electron chi connectivity index (χ3n) is 8.48. The maximum atomic E-state index is 13.4. The molecule has 4 heterocycles. The van der Waals surface area contributed by atoms with Gasteiger partial charge < -0.3 is 14.6 Å². The zero-order valence-corrected chi connectivity index (χ0v) is 24.0. The maximum absolute atomic E-state index is 13.4. The fourth-order valence-corrected chi connectivity index (χ4v) is 7.74. The average molecular weight is 611 g/mol. The highest BCUT2D eigenvalue weighted by molar-refractivity contribution is 7.89. The summed E-state index contributed by atoms with van der Waals surface area (Å²) in [5.41, 5.74) is 1.91. The third kappa shape index (κ3) is 4.56. The van der Waals surface area contributed by atoms with Crippen LogP contribution in [0.4, 0.5) is 6.01 Å². The van der Waals surface area contributed by atoms with E-state index in [-0.39, 0.29) is 48.0 Å². The molecule has 218 valence electrons. The highest BCUT2D eigenvalue weighted by Gasteiger charge is 2.48. The molecule has 4 aliphatic rings. The van der Waals surface area contributed by atoms with E-state index in [4.69, 9.17) is 16.0 Å². The van der Waals surface area contributed by atoms with E-state index in [2.05, 4.69) is 20.8 Å². The number of carbonyl (C=O) groups excluding carboxylic acids is 3. The van der Waals surface area contributed by atoms with Crippen molar-refractivity contribution in [3.63, 3.8) is 0 Å². The highest BCUT2D eigenvalue weighted by Crippen LogP contribution is 2.50. The number of anilines is 1. The first-order valence-electron chi connectivity index (χ1n) is 13.8. The Morgan fingerprint density at radius 2 is 1.79 bits per heavy atom. The molecule has 3 aliphatic heterocycles. The van der Waals surface area contributed by atoms with E-state index in [0.29, 0.717) is 34.8 Å². The third-order valence-corrected chi connectivity index (χ3v) is 10.7. The SMILES string of the molecule is O=C1CCC(N2Cc3c(Cl)cc(C4(Nc5nnc(-c6ccc(S(=O)(=O)N7CCCC7)cc6)o5)CC4)cc3C2=O)C(=O)N1. The van der Waals surface area contributed by atoms with Crippen LogP contribution in [0.3, 0.4) is 0 Å². The Labute approximate surface area is 246 Å². The molecular formula is C28H27ClN6O6S. The Bertz CT molecular complexity index is 1730. The first-order chi connectivity index (χ1) is 20.1. The standard InChI is InChI=1S/C28H27ClN6O6S/c29-21-14-17(13-19-20(21)15-35(26(19)38)22-7-8-23(36)30-24(22)37)28(9-10-28)31-27-33-32-25(41-27)16-3-5-18(6-4-16)42(39,40)34-11-1-2-12-34/h3-6,13-14,22H,1-2,7-12,15H2,(H,31,33)(H,30,36,37). The van der Waals surface area contributed by atoms with E-state index in [1.54, 1.807) is 30.3 Å². The molecule has 0 radical (unpaired) electrons. The molecule has 1 unspecified atom stereocenters. The van der Waals surface area contributed by atoms with Crippen LogP contribution >= 0.6 is 11.6 Å². The van der Waals surface area contributed by atoms with Crippen LogP contribution in [0.25, 0.3) is 11.5 Å². The van der Waals surface area contributed by atoms with Crippen molar-refractivity contribution < 1.29 is 27.2 Å². The minimum atomic E-state index is -3.52. The lowest BCUT2D eigenvalue weighted by molar-refractivity contribution is -0.136. The number of carbonyl (C=O) groups is 3. The molecule has 1 atom stereocenters. The van der Waals surface area contributed by atoms with Gasteiger partial charge in [-0.15, -0.1) is 5.10 Å². The molecule has 12 nitrogen and oxygen atoms in total. The summed E-state index contributed by atoms with van der Waals surface area (Å²) in [5, 5.41) is 14.3. The molecule has 14 heteroatoms. The molecular weight excluding hydrogens is 584 g/mol. The minimum Gasteiger partial charge on any atom is -0.403 e. The molecule has 7 rings (SSSR count). The number of rotatable bonds is 7. The largest absolute Gasteiger partial charge is 0.403 e. The topological polar surface area (TPSA) is 155 Å². The molecule has 1 saturated carbocycles. The van der Waals surface area contributed by atoms with Gasteiger partial charge in [-0.25, -0.2) is 8.42 Å². The molecule has 3 amide bonds. The number of hydrogen-bond acceptors (Lipinski definition) is 9. The zero-order chi connectivity index (χ0) is 29.2. The molecule has 1 aliphatic carbocycles. The number of fused-ring (bicyclic) bond motifs is 1. The van der Waals surface area contributed by atoms with Crippen molar-refractivity contribution in [2.75, 3.05) is 18.4 Å². The summed E-state index contributed by atoms with van der Waals surface area (Å²) < 4.78 is 33.0. The lowest BCUT2D eigenvalue weighted by Crippen LogP contribution is -2.52. The molecule has 0 spiro atoms. The predicted molar refractivity (Wildman–Crippen MR) is 150 cm³/mol. The number of halogens is 1. The summed E-state index contributed by atoms with van der Waals surface area (Å²) in [6.45, 7) is 1.27. The lowest BCUT2D eigenvalue weighted by Gasteiger charge is -2.29. The van der Waals surface area contributed by atoms with Gasteiger partial charge in [0.15, 0.2) is 0 Å². The van der Waals surface area contributed by atoms with E-state index >= 15 is 0 Å². The van der Waals surface area contributed by atoms with Crippen molar-refractivity contribution in [1.82, 2.24) is 24.7 Å². The van der Waals surface area contributed by atoms with Crippen LogP contribution < -0.4 is 10.6 Å². The second kappa shape index (κ2) is 9.89. The average Bonchev–Trinajstić information content (AvgIpc) is 3.31. The number of amides is 3. The van der Waals surface area contributed by atoms with Crippen LogP contribution in [0.15, 0.2) is 45.7 Å². The van der Waals surface area contributed by atoms with Gasteiger partial charge in [0.1, 0.15) is 6.04 Å². The molecule has 2 aromatic carbocycles. The number of piperidine rings is 1. The number of benzene rings is 2. The lowest BCUT2D eigenvalue weighted by atomic mass is 9.99. The van der Waals surface area contributed by atoms with Crippen LogP contribution in [0.1, 0.15) is 60.0 Å². The number of nitrogens with zero attached hydrogens (tertiary/aromatic N) is 4. The molecule has 3 aromatic rings. The Balaban J connectivity index is 1.08. The van der Waals surface area contributed by atoms with Crippen LogP contribution in [0.2, 0.25) is 5.02 Å². The number of sulfonamides is 1. The summed E-state index contributed by atoms with van der Waals surface area (Å²) in [6, 6.07) is 9.46. The smallest absolute Gasteiger partial charge is 0.316 e. The van der Waals surface area contributed by atoms with Crippen molar-refractivity contribution >= 4 is 45.4 Å². The predicted octanol–water partition coefficient (Wildman–Crippen LogP) is 3.04. The molecule has 2 saturated heterocycles. The minimum absolute atomic E-state index is 0.177. The summed E-state index contributed by atoms with van der Waals surface area (Å²) in [4.78, 5) is 39.0. The number of nitrogens with one attached hydrogen (secondary N) is 2. The van der Waals surface area contributed by atoms with Gasteiger partial charge in [0.2, 0.25) is 27.7 Å². The monoisotopic (exact) mass is 610 g/mol. The summed E-state index contributed by atoms with van der Waals surface area (Å²) in [5.74, 6) is -0.872. The fourth-order valence-electron chi connectivity index (χ4n) is 5.95. The fraction of sp³-hybridized carbons (Fsp3) is 0.393. The summed E-state index contributed by atoms with van der Waals surface area (Å²) in [6.07, 6.45) is 3.67. The second-order valence-electron chi connectivity index (χ2n) is 11.1. The van der Waals surface area contributed by atoms with Gasteiger partial charge in [-0.2, -0.15) is 4.31 Å². The van der Waals surface area contributed by atoms with Crippen LogP contribution in [-0.4, -0.2) is 64.7 Å². The Hall–Kier alpha value is -3.81. The summed E-state index contributed by atoms with van der Waals surface area (Å²) >= 11 is 6.65. The Morgan fingerprint density at radius 1 is 1.05 bits per heavy atom. The van der Waals surface area contributed by atoms with E-state index in [1.165, 1.54) is 9.21 Å². The van der Waals surface area contributed by atoms with Crippen molar-refractivity contribution in [3.05, 3.63) is 58.1 Å². The highest BCUT2D eigenvalue weighted by atomic mass is 35.5. The van der Waals surface area contributed by atoms with E-state index in [1.807, 2.05) is 6.07 Å².